The molecule has 21 heavy (non-hydrogen) atoms. The molecule has 116 valence electrons. The van der Waals surface area contributed by atoms with Crippen LogP contribution in [0.1, 0.15) is 25.7 Å². The Morgan fingerprint density at radius 3 is 2.62 bits per heavy atom. The molecule has 0 aliphatic carbocycles. The van der Waals surface area contributed by atoms with Crippen molar-refractivity contribution in [1.29, 1.82) is 0 Å². The van der Waals surface area contributed by atoms with Gasteiger partial charge in [-0.1, -0.05) is 0 Å². The normalized spacial score (nSPS) is 16.1. The van der Waals surface area contributed by atoms with Crippen LogP contribution in [0.3, 0.4) is 0 Å². The predicted octanol–water partition coefficient (Wildman–Crippen LogP) is 2.30. The van der Waals surface area contributed by atoms with E-state index in [4.69, 9.17) is 10.5 Å². The molecule has 1 aromatic rings. The lowest BCUT2D eigenvalue weighted by Crippen LogP contribution is -2.23. The molecule has 0 spiro atoms. The molecule has 0 amide bonds. The molecule has 1 aliphatic rings. The van der Waals surface area contributed by atoms with Crippen molar-refractivity contribution in [3.8, 4) is 5.75 Å². The highest BCUT2D eigenvalue weighted by Gasteiger charge is 2.09. The first-order chi connectivity index (χ1) is 10.3. The molecule has 5 nitrogen and oxygen atoms in total. The Kier molecular flexibility index (Phi) is 6.34. The van der Waals surface area contributed by atoms with Crippen LogP contribution >= 0.6 is 0 Å². The summed E-state index contributed by atoms with van der Waals surface area (Å²) in [6.45, 7) is 4.51. The number of hydrogen-bond donors (Lipinski definition) is 2. The zero-order valence-corrected chi connectivity index (χ0v) is 12.8. The summed E-state index contributed by atoms with van der Waals surface area (Å²) in [5.41, 5.74) is 6.80. The summed E-state index contributed by atoms with van der Waals surface area (Å²) in [7, 11) is 1.65. The predicted molar refractivity (Wildman–Crippen MR) is 88.0 cm³/mol. The number of ether oxygens (including phenoxy) is 1. The first kappa shape index (κ1) is 15.6. The quantitative estimate of drug-likeness (QED) is 0.459. The minimum absolute atomic E-state index is 0.473. The number of nitrogens with zero attached hydrogens (tertiary/aromatic N) is 2. The van der Waals surface area contributed by atoms with Crippen LogP contribution in [0.25, 0.3) is 0 Å². The lowest BCUT2D eigenvalue weighted by Gasteiger charge is -2.13. The number of rotatable bonds is 7. The summed E-state index contributed by atoms with van der Waals surface area (Å²) >= 11 is 0. The van der Waals surface area contributed by atoms with Crippen LogP contribution in [-0.4, -0.2) is 44.1 Å². The number of likely N-dealkylation sites (tertiary alicyclic amines) is 1. The maximum absolute atomic E-state index is 5.88. The maximum Gasteiger partial charge on any atom is 0.193 e. The van der Waals surface area contributed by atoms with E-state index in [2.05, 4.69) is 15.2 Å². The van der Waals surface area contributed by atoms with Gasteiger partial charge in [-0.3, -0.25) is 4.99 Å². The van der Waals surface area contributed by atoms with Gasteiger partial charge in [-0.2, -0.15) is 0 Å². The van der Waals surface area contributed by atoms with Gasteiger partial charge in [0.15, 0.2) is 5.96 Å². The molecule has 2 rings (SSSR count). The molecule has 0 unspecified atom stereocenters. The second-order valence-electron chi connectivity index (χ2n) is 5.38. The number of aliphatic imine (C=N–C) groups is 1. The fraction of sp³-hybridized carbons (Fsp3) is 0.562. The van der Waals surface area contributed by atoms with E-state index >= 15 is 0 Å². The fourth-order valence-electron chi connectivity index (χ4n) is 2.51. The number of hydrogen-bond acceptors (Lipinski definition) is 3. The second-order valence-corrected chi connectivity index (χ2v) is 5.38. The molecule has 1 heterocycles. The first-order valence-electron chi connectivity index (χ1n) is 7.71. The Morgan fingerprint density at radius 2 is 1.95 bits per heavy atom. The summed E-state index contributed by atoms with van der Waals surface area (Å²) in [6, 6.07) is 7.64. The number of benzene rings is 1. The third-order valence-corrected chi connectivity index (χ3v) is 3.73. The average molecular weight is 290 g/mol. The molecule has 0 saturated carbocycles. The summed E-state index contributed by atoms with van der Waals surface area (Å²) < 4.78 is 5.11. The van der Waals surface area contributed by atoms with Crippen LogP contribution < -0.4 is 15.8 Å². The number of unbranched alkanes of at least 4 members (excludes halogenated alkanes) is 1. The van der Waals surface area contributed by atoms with Crippen molar-refractivity contribution < 1.29 is 4.74 Å². The van der Waals surface area contributed by atoms with Gasteiger partial charge in [0.1, 0.15) is 5.75 Å². The van der Waals surface area contributed by atoms with Crippen molar-refractivity contribution in [1.82, 2.24) is 4.90 Å². The summed E-state index contributed by atoms with van der Waals surface area (Å²) in [4.78, 5) is 6.89. The van der Waals surface area contributed by atoms with Crippen molar-refractivity contribution in [2.45, 2.75) is 25.7 Å². The van der Waals surface area contributed by atoms with Gasteiger partial charge < -0.3 is 20.7 Å². The monoisotopic (exact) mass is 290 g/mol. The highest BCUT2D eigenvalue weighted by Crippen LogP contribution is 2.14. The standard InChI is InChI=1S/C16H26N4O/c1-21-15-8-6-14(7-9-15)19-16(17)18-10-2-3-11-20-12-4-5-13-20/h6-9H,2-5,10-13H2,1H3,(H3,17,18,19). The van der Waals surface area contributed by atoms with Crippen molar-refractivity contribution in [3.05, 3.63) is 24.3 Å². The fourth-order valence-corrected chi connectivity index (χ4v) is 2.51. The Morgan fingerprint density at radius 1 is 1.24 bits per heavy atom. The van der Waals surface area contributed by atoms with Gasteiger partial charge in [0.05, 0.1) is 7.11 Å². The van der Waals surface area contributed by atoms with Gasteiger partial charge in [0.25, 0.3) is 0 Å². The van der Waals surface area contributed by atoms with Gasteiger partial charge in [-0.05, 0) is 69.6 Å². The largest absolute Gasteiger partial charge is 0.497 e. The van der Waals surface area contributed by atoms with Gasteiger partial charge in [-0.15, -0.1) is 0 Å². The summed E-state index contributed by atoms with van der Waals surface area (Å²) in [6.07, 6.45) is 4.99. The Balaban J connectivity index is 1.63. The van der Waals surface area contributed by atoms with E-state index in [1.54, 1.807) is 7.11 Å². The van der Waals surface area contributed by atoms with E-state index in [9.17, 15) is 0 Å². The van der Waals surface area contributed by atoms with E-state index in [1.807, 2.05) is 24.3 Å². The Hall–Kier alpha value is -1.75. The van der Waals surface area contributed by atoms with E-state index in [-0.39, 0.29) is 0 Å². The molecule has 3 N–H and O–H groups in total. The van der Waals surface area contributed by atoms with Crippen LogP contribution in [0.15, 0.2) is 29.3 Å². The molecule has 1 saturated heterocycles. The van der Waals surface area contributed by atoms with Crippen LogP contribution in [0.4, 0.5) is 5.69 Å². The summed E-state index contributed by atoms with van der Waals surface area (Å²) in [5.74, 6) is 1.30. The van der Waals surface area contributed by atoms with Gasteiger partial charge in [0.2, 0.25) is 0 Å². The van der Waals surface area contributed by atoms with Gasteiger partial charge >= 0.3 is 0 Å². The number of guanidine groups is 1. The molecule has 0 atom stereocenters. The number of anilines is 1. The molecule has 5 heteroatoms. The minimum Gasteiger partial charge on any atom is -0.497 e. The highest BCUT2D eigenvalue weighted by atomic mass is 16.5. The molecule has 0 aromatic heterocycles. The molecule has 1 aliphatic heterocycles. The lowest BCUT2D eigenvalue weighted by atomic mass is 10.3. The van der Waals surface area contributed by atoms with Gasteiger partial charge in [0, 0.05) is 12.2 Å². The highest BCUT2D eigenvalue weighted by molar-refractivity contribution is 5.92. The van der Waals surface area contributed by atoms with Crippen LogP contribution in [0, 0.1) is 0 Å². The van der Waals surface area contributed by atoms with Crippen LogP contribution in [0.5, 0.6) is 5.75 Å². The van der Waals surface area contributed by atoms with Crippen LogP contribution in [0.2, 0.25) is 0 Å². The molecule has 0 radical (unpaired) electrons. The molecule has 1 aromatic carbocycles. The van der Waals surface area contributed by atoms with Crippen molar-refractivity contribution in [2.24, 2.45) is 10.7 Å². The topological polar surface area (TPSA) is 62.9 Å². The van der Waals surface area contributed by atoms with E-state index < -0.39 is 0 Å². The average Bonchev–Trinajstić information content (AvgIpc) is 3.01. The zero-order valence-electron chi connectivity index (χ0n) is 12.8. The van der Waals surface area contributed by atoms with Crippen molar-refractivity contribution in [2.75, 3.05) is 38.6 Å². The molecular weight excluding hydrogens is 264 g/mol. The van der Waals surface area contributed by atoms with Crippen LogP contribution in [-0.2, 0) is 0 Å². The number of nitrogens with one attached hydrogen (secondary N) is 1. The third kappa shape index (κ3) is 5.63. The molecular formula is C16H26N4O. The van der Waals surface area contributed by atoms with E-state index in [0.29, 0.717) is 5.96 Å². The number of methoxy groups -OCH3 is 1. The lowest BCUT2D eigenvalue weighted by molar-refractivity contribution is 0.331. The minimum atomic E-state index is 0.473. The van der Waals surface area contributed by atoms with E-state index in [1.165, 1.54) is 38.9 Å². The number of nitrogens with two attached hydrogens (primary N) is 1. The Bertz CT molecular complexity index is 438. The van der Waals surface area contributed by atoms with E-state index in [0.717, 1.165) is 24.4 Å². The zero-order chi connectivity index (χ0) is 14.9. The van der Waals surface area contributed by atoms with Crippen molar-refractivity contribution in [3.63, 3.8) is 0 Å². The Labute approximate surface area is 127 Å². The van der Waals surface area contributed by atoms with Crippen molar-refractivity contribution >= 4 is 11.6 Å². The first-order valence-corrected chi connectivity index (χ1v) is 7.71. The van der Waals surface area contributed by atoms with Gasteiger partial charge in [-0.25, -0.2) is 0 Å². The smallest absolute Gasteiger partial charge is 0.193 e. The second kappa shape index (κ2) is 8.52. The maximum atomic E-state index is 5.88. The molecule has 1 fully saturated rings. The third-order valence-electron chi connectivity index (χ3n) is 3.73. The molecule has 0 bridgehead atoms. The SMILES string of the molecule is COc1ccc(NC(N)=NCCCCN2CCCC2)cc1. The summed E-state index contributed by atoms with van der Waals surface area (Å²) in [5, 5.41) is 3.09.